The third-order valence-electron chi connectivity index (χ3n) is 1.19. The number of hydrogen-bond acceptors (Lipinski definition) is 2. The molecule has 1 aromatic rings. The topological polar surface area (TPSA) is 26.3 Å². The van der Waals surface area contributed by atoms with Crippen LogP contribution in [0.4, 0.5) is 0 Å². The molecule has 0 aliphatic heterocycles. The van der Waals surface area contributed by atoms with Crippen LogP contribution in [0.2, 0.25) is 0 Å². The first kappa shape index (κ1) is 14.7. The Morgan fingerprint density at radius 2 is 1.67 bits per heavy atom. The zero-order chi connectivity index (χ0) is 7.40. The minimum absolute atomic E-state index is 0. The second kappa shape index (κ2) is 7.81. The first-order valence-corrected chi connectivity index (χ1v) is 3.79. The predicted octanol–water partition coefficient (Wildman–Crippen LogP) is 1.55. The molecule has 12 heavy (non-hydrogen) atoms. The standard InChI is InChI=1S/C7H6O2.Al.2BrH.2H/c8-7(9)6-4-2-1-3-5-6;;;;;/h1-5H,(H,8,9);;2*1H;;/q;+1;;;;/p-1. The second-order valence-corrected chi connectivity index (χ2v) is 2.27. The summed E-state index contributed by atoms with van der Waals surface area (Å²) >= 11 is 0.458. The van der Waals surface area contributed by atoms with Crippen molar-refractivity contribution in [3.63, 3.8) is 0 Å². The van der Waals surface area contributed by atoms with E-state index in [-0.39, 0.29) is 39.9 Å². The van der Waals surface area contributed by atoms with Crippen LogP contribution in [0.3, 0.4) is 0 Å². The van der Waals surface area contributed by atoms with Crippen molar-refractivity contribution in [2.24, 2.45) is 0 Å². The van der Waals surface area contributed by atoms with Crippen LogP contribution < -0.4 is 0 Å². The molecule has 0 saturated heterocycles. The Hall–Kier alpha value is 0.182. The lowest BCUT2D eigenvalue weighted by atomic mass is 10.2. The van der Waals surface area contributed by atoms with Gasteiger partial charge in [-0.25, -0.2) is 4.79 Å². The molecule has 66 valence electrons. The molecule has 1 aromatic carbocycles. The molecular formula is C7H9AlBr2O2. The van der Waals surface area contributed by atoms with Gasteiger partial charge < -0.3 is 3.79 Å². The van der Waals surface area contributed by atoms with Gasteiger partial charge in [0.2, 0.25) is 0 Å². The normalized spacial score (nSPS) is 7.33. The summed E-state index contributed by atoms with van der Waals surface area (Å²) in [7, 11) is 0. The van der Waals surface area contributed by atoms with Gasteiger partial charge in [-0.15, -0.1) is 34.0 Å². The molecule has 0 N–H and O–H groups in total. The summed E-state index contributed by atoms with van der Waals surface area (Å²) in [6, 6.07) is 8.96. The number of benzene rings is 1. The summed E-state index contributed by atoms with van der Waals surface area (Å²) in [6.07, 6.45) is 0. The van der Waals surface area contributed by atoms with Gasteiger partial charge in [-0.3, -0.25) is 0 Å². The predicted molar refractivity (Wildman–Crippen MR) is 61.0 cm³/mol. The number of hydrogen-bond donors (Lipinski definition) is 0. The largest absolute Gasteiger partial charge is 0.618 e. The van der Waals surface area contributed by atoms with Crippen LogP contribution in [-0.4, -0.2) is 22.6 Å². The maximum Gasteiger partial charge on any atom is 0.499 e. The van der Waals surface area contributed by atoms with Crippen LogP contribution in [0.15, 0.2) is 30.3 Å². The fraction of sp³-hybridized carbons (Fsp3) is 0. The van der Waals surface area contributed by atoms with Crippen LogP contribution >= 0.6 is 34.0 Å². The number of carbonyl (C=O) groups excluding carboxylic acids is 1. The van der Waals surface area contributed by atoms with Crippen molar-refractivity contribution in [1.82, 2.24) is 0 Å². The van der Waals surface area contributed by atoms with Crippen molar-refractivity contribution in [1.29, 1.82) is 0 Å². The first-order valence-electron chi connectivity index (χ1n) is 2.98. The van der Waals surface area contributed by atoms with Gasteiger partial charge in [0.1, 0.15) is 0 Å². The Morgan fingerprint density at radius 1 is 1.17 bits per heavy atom. The minimum atomic E-state index is -0.229. The quantitative estimate of drug-likeness (QED) is 0.736. The Bertz CT molecular complexity index is 228. The van der Waals surface area contributed by atoms with Crippen molar-refractivity contribution >= 4 is 56.6 Å². The highest BCUT2D eigenvalue weighted by Gasteiger charge is 1.99. The van der Waals surface area contributed by atoms with Gasteiger partial charge in [0.25, 0.3) is 0 Å². The van der Waals surface area contributed by atoms with Gasteiger partial charge in [-0.2, -0.15) is 0 Å². The van der Waals surface area contributed by atoms with E-state index in [2.05, 4.69) is 3.79 Å². The zero-order valence-corrected chi connectivity index (χ0v) is 11.9. The summed E-state index contributed by atoms with van der Waals surface area (Å²) in [5.41, 5.74) is 0.623. The van der Waals surface area contributed by atoms with E-state index in [1.165, 1.54) is 0 Å². The van der Waals surface area contributed by atoms with Crippen LogP contribution in [0, 0.1) is 0 Å². The summed E-state index contributed by atoms with van der Waals surface area (Å²) in [6.45, 7) is 0. The van der Waals surface area contributed by atoms with Crippen molar-refractivity contribution in [2.45, 2.75) is 0 Å². The molecule has 0 radical (unpaired) electrons. The smallest absolute Gasteiger partial charge is 0.499 e. The van der Waals surface area contributed by atoms with E-state index < -0.39 is 0 Å². The van der Waals surface area contributed by atoms with Crippen LogP contribution in [0.5, 0.6) is 0 Å². The molecule has 0 unspecified atom stereocenters. The molecular weight excluding hydrogens is 303 g/mol. The average Bonchev–Trinajstić information content (AvgIpc) is 2.05. The molecule has 0 bridgehead atoms. The van der Waals surface area contributed by atoms with E-state index in [9.17, 15) is 4.79 Å². The highest BCUT2D eigenvalue weighted by molar-refractivity contribution is 8.93. The van der Waals surface area contributed by atoms with E-state index in [0.717, 1.165) is 0 Å². The summed E-state index contributed by atoms with van der Waals surface area (Å²) in [5.74, 6) is -0.229. The van der Waals surface area contributed by atoms with Gasteiger partial charge in [0, 0.05) is 0 Å². The molecule has 0 heterocycles. The Kier molecular flexibility index (Phi) is 9.57. The van der Waals surface area contributed by atoms with Gasteiger partial charge >= 0.3 is 22.6 Å². The maximum atomic E-state index is 10.8. The molecule has 0 aromatic heterocycles. The Balaban J connectivity index is 0. The average molecular weight is 312 g/mol. The molecule has 0 amide bonds. The van der Waals surface area contributed by atoms with Gasteiger partial charge in [-0.05, 0) is 12.1 Å². The van der Waals surface area contributed by atoms with Crippen LogP contribution in [0.1, 0.15) is 10.4 Å². The Morgan fingerprint density at radius 3 is 2.08 bits per heavy atom. The highest BCUT2D eigenvalue weighted by Crippen LogP contribution is 1.98. The van der Waals surface area contributed by atoms with Crippen molar-refractivity contribution < 1.29 is 8.58 Å². The van der Waals surface area contributed by atoms with Crippen molar-refractivity contribution in [2.75, 3.05) is 0 Å². The molecule has 0 atom stereocenters. The minimum Gasteiger partial charge on any atom is -0.618 e. The maximum absolute atomic E-state index is 10.8. The lowest BCUT2D eigenvalue weighted by molar-refractivity contribution is 0.0749. The molecule has 0 fully saturated rings. The number of carbonyl (C=O) groups is 1. The van der Waals surface area contributed by atoms with Crippen LogP contribution in [-0.2, 0) is 3.79 Å². The molecule has 0 aliphatic carbocycles. The molecule has 0 spiro atoms. The van der Waals surface area contributed by atoms with Gasteiger partial charge in [-0.1, -0.05) is 18.2 Å². The monoisotopic (exact) mass is 310 g/mol. The van der Waals surface area contributed by atoms with E-state index in [1.807, 2.05) is 18.2 Å². The Labute approximate surface area is 101 Å². The van der Waals surface area contributed by atoms with E-state index >= 15 is 0 Å². The van der Waals surface area contributed by atoms with E-state index in [0.29, 0.717) is 22.2 Å². The van der Waals surface area contributed by atoms with Gasteiger partial charge in [0.05, 0.1) is 5.56 Å². The SMILES string of the molecule is Br.Br.O=C([O][AlH2])c1ccccc1. The third-order valence-corrected chi connectivity index (χ3v) is 1.57. The van der Waals surface area contributed by atoms with E-state index in [4.69, 9.17) is 0 Å². The summed E-state index contributed by atoms with van der Waals surface area (Å²) in [4.78, 5) is 10.8. The lowest BCUT2D eigenvalue weighted by Crippen LogP contribution is -2.00. The first-order chi connectivity index (χ1) is 4.84. The molecule has 0 saturated carbocycles. The van der Waals surface area contributed by atoms with E-state index in [1.54, 1.807) is 12.1 Å². The molecule has 5 heteroatoms. The molecule has 0 aliphatic rings. The zero-order valence-electron chi connectivity index (χ0n) is 6.52. The van der Waals surface area contributed by atoms with Crippen molar-refractivity contribution in [3.05, 3.63) is 35.9 Å². The third kappa shape index (κ3) is 4.27. The fourth-order valence-electron chi connectivity index (χ4n) is 0.692. The molecule has 2 nitrogen and oxygen atoms in total. The van der Waals surface area contributed by atoms with Crippen molar-refractivity contribution in [3.8, 4) is 0 Å². The highest BCUT2D eigenvalue weighted by atomic mass is 79.9. The fourth-order valence-corrected chi connectivity index (χ4v) is 0.928. The second-order valence-electron chi connectivity index (χ2n) is 1.86. The van der Waals surface area contributed by atoms with Gasteiger partial charge in [0.15, 0.2) is 0 Å². The lowest BCUT2D eigenvalue weighted by Gasteiger charge is -1.97. The number of halogens is 2. The number of rotatable bonds is 1. The summed E-state index contributed by atoms with van der Waals surface area (Å²) < 4.78 is 4.64. The molecule has 1 rings (SSSR count). The summed E-state index contributed by atoms with van der Waals surface area (Å²) in [5, 5.41) is 0. The van der Waals surface area contributed by atoms with Crippen LogP contribution in [0.25, 0.3) is 0 Å².